The summed E-state index contributed by atoms with van der Waals surface area (Å²) in [7, 11) is 0. The monoisotopic (exact) mass is 258 g/mol. The number of aryl methyl sites for hydroxylation is 1. The highest BCUT2D eigenvalue weighted by atomic mass is 32.2. The van der Waals surface area contributed by atoms with E-state index < -0.39 is 5.97 Å². The van der Waals surface area contributed by atoms with E-state index >= 15 is 0 Å². The number of hydrogen-bond donors (Lipinski definition) is 2. The highest BCUT2D eigenvalue weighted by molar-refractivity contribution is 8.00. The number of nitrogens with one attached hydrogen (secondary N) is 1. The van der Waals surface area contributed by atoms with Crippen LogP contribution in [0.2, 0.25) is 0 Å². The van der Waals surface area contributed by atoms with E-state index in [0.29, 0.717) is 15.8 Å². The number of aromatic carboxylic acids is 1. The summed E-state index contributed by atoms with van der Waals surface area (Å²) in [5.74, 6) is 0.349. The lowest BCUT2D eigenvalue weighted by atomic mass is 10.2. The Balaban J connectivity index is 1.94. The second kappa shape index (κ2) is 5.05. The first-order chi connectivity index (χ1) is 7.66. The number of hydrogen-bond acceptors (Lipinski definition) is 5. The Hall–Kier alpha value is -0.750. The molecule has 0 bridgehead atoms. The smallest absolute Gasteiger partial charge is 0.347 e. The third-order valence-electron chi connectivity index (χ3n) is 2.50. The summed E-state index contributed by atoms with van der Waals surface area (Å²) in [6.07, 6.45) is 2.53. The maximum absolute atomic E-state index is 10.8. The van der Waals surface area contributed by atoms with Gasteiger partial charge in [0.2, 0.25) is 0 Å². The Kier molecular flexibility index (Phi) is 3.70. The molecule has 88 valence electrons. The Morgan fingerprint density at radius 2 is 2.50 bits per heavy atom. The summed E-state index contributed by atoms with van der Waals surface area (Å²) in [6, 6.07) is 0. The van der Waals surface area contributed by atoms with Gasteiger partial charge in [0, 0.05) is 11.8 Å². The largest absolute Gasteiger partial charge is 0.477 e. The maximum atomic E-state index is 10.8. The molecule has 1 aliphatic rings. The molecule has 0 amide bonds. The predicted molar refractivity (Wildman–Crippen MR) is 67.8 cm³/mol. The fraction of sp³-hybridized carbons (Fsp3) is 0.600. The SMILES string of the molecule is Cc1nc(NCC2CCCS2)sc1C(=O)O. The minimum Gasteiger partial charge on any atom is -0.477 e. The van der Waals surface area contributed by atoms with E-state index in [-0.39, 0.29) is 0 Å². The zero-order valence-corrected chi connectivity index (χ0v) is 10.7. The van der Waals surface area contributed by atoms with Crippen LogP contribution < -0.4 is 5.32 Å². The van der Waals surface area contributed by atoms with Crippen LogP contribution in [0.25, 0.3) is 0 Å². The highest BCUT2D eigenvalue weighted by Gasteiger charge is 2.17. The summed E-state index contributed by atoms with van der Waals surface area (Å²) in [5, 5.41) is 13.5. The van der Waals surface area contributed by atoms with Crippen molar-refractivity contribution in [2.75, 3.05) is 17.6 Å². The number of aromatic nitrogens is 1. The number of anilines is 1. The van der Waals surface area contributed by atoms with E-state index in [1.165, 1.54) is 29.9 Å². The molecule has 4 nitrogen and oxygen atoms in total. The Morgan fingerprint density at radius 3 is 3.06 bits per heavy atom. The van der Waals surface area contributed by atoms with Crippen LogP contribution in [-0.4, -0.2) is 33.6 Å². The van der Waals surface area contributed by atoms with Crippen LogP contribution >= 0.6 is 23.1 Å². The van der Waals surface area contributed by atoms with Crippen LogP contribution in [0, 0.1) is 6.92 Å². The zero-order valence-electron chi connectivity index (χ0n) is 9.02. The molecule has 0 aliphatic carbocycles. The van der Waals surface area contributed by atoms with E-state index in [1.807, 2.05) is 11.8 Å². The fourth-order valence-electron chi connectivity index (χ4n) is 1.68. The Bertz CT molecular complexity index is 386. The maximum Gasteiger partial charge on any atom is 0.347 e. The van der Waals surface area contributed by atoms with Crippen molar-refractivity contribution in [2.45, 2.75) is 25.0 Å². The summed E-state index contributed by atoms with van der Waals surface area (Å²) in [4.78, 5) is 15.4. The molecule has 2 N–H and O–H groups in total. The molecule has 2 rings (SSSR count). The van der Waals surface area contributed by atoms with Crippen LogP contribution in [-0.2, 0) is 0 Å². The van der Waals surface area contributed by atoms with Crippen molar-refractivity contribution in [3.63, 3.8) is 0 Å². The van der Waals surface area contributed by atoms with Crippen molar-refractivity contribution in [1.29, 1.82) is 0 Å². The van der Waals surface area contributed by atoms with Crippen molar-refractivity contribution in [3.8, 4) is 0 Å². The Morgan fingerprint density at radius 1 is 1.69 bits per heavy atom. The predicted octanol–water partition coefficient (Wildman–Crippen LogP) is 2.46. The number of thioether (sulfide) groups is 1. The van der Waals surface area contributed by atoms with E-state index in [0.717, 1.165) is 11.7 Å². The Labute approximate surface area is 102 Å². The van der Waals surface area contributed by atoms with Gasteiger partial charge in [0.15, 0.2) is 5.13 Å². The molecule has 1 aliphatic heterocycles. The van der Waals surface area contributed by atoms with Gasteiger partial charge in [-0.15, -0.1) is 0 Å². The molecule has 0 radical (unpaired) electrons. The van der Waals surface area contributed by atoms with Crippen LogP contribution in [0.15, 0.2) is 0 Å². The van der Waals surface area contributed by atoms with Crippen LogP contribution in [0.5, 0.6) is 0 Å². The summed E-state index contributed by atoms with van der Waals surface area (Å²) in [6.45, 7) is 2.62. The minimum atomic E-state index is -0.890. The fourth-order valence-corrected chi connectivity index (χ4v) is 3.69. The van der Waals surface area contributed by atoms with Crippen molar-refractivity contribution in [1.82, 2.24) is 4.98 Å². The number of thiazole rings is 1. The lowest BCUT2D eigenvalue weighted by Crippen LogP contribution is -2.13. The van der Waals surface area contributed by atoms with Crippen LogP contribution in [0.3, 0.4) is 0 Å². The number of rotatable bonds is 4. The lowest BCUT2D eigenvalue weighted by Gasteiger charge is -2.08. The molecule has 0 saturated carbocycles. The zero-order chi connectivity index (χ0) is 11.5. The molecule has 1 aromatic rings. The average molecular weight is 258 g/mol. The molecule has 6 heteroatoms. The molecular formula is C10H14N2O2S2. The first-order valence-corrected chi connectivity index (χ1v) is 7.09. The van der Waals surface area contributed by atoms with Crippen LogP contribution in [0.1, 0.15) is 28.2 Å². The summed E-state index contributed by atoms with van der Waals surface area (Å²) >= 11 is 3.20. The van der Waals surface area contributed by atoms with Crippen molar-refractivity contribution < 1.29 is 9.90 Å². The van der Waals surface area contributed by atoms with Gasteiger partial charge in [0.05, 0.1) is 5.69 Å². The first-order valence-electron chi connectivity index (χ1n) is 5.23. The summed E-state index contributed by atoms with van der Waals surface area (Å²) in [5.41, 5.74) is 0.596. The molecule has 16 heavy (non-hydrogen) atoms. The topological polar surface area (TPSA) is 62.2 Å². The lowest BCUT2D eigenvalue weighted by molar-refractivity contribution is 0.0701. The second-order valence-corrected chi connectivity index (χ2v) is 6.16. The van der Waals surface area contributed by atoms with Gasteiger partial charge in [-0.05, 0) is 25.5 Å². The van der Waals surface area contributed by atoms with E-state index in [1.54, 1.807) is 6.92 Å². The van der Waals surface area contributed by atoms with Crippen molar-refractivity contribution >= 4 is 34.2 Å². The van der Waals surface area contributed by atoms with Gasteiger partial charge in [-0.1, -0.05) is 11.3 Å². The number of carboxylic acid groups (broad SMARTS) is 1. The molecule has 2 heterocycles. The van der Waals surface area contributed by atoms with Gasteiger partial charge in [0.25, 0.3) is 0 Å². The highest BCUT2D eigenvalue weighted by Crippen LogP contribution is 2.27. The van der Waals surface area contributed by atoms with Gasteiger partial charge < -0.3 is 10.4 Å². The van der Waals surface area contributed by atoms with E-state index in [9.17, 15) is 4.79 Å². The molecule has 1 unspecified atom stereocenters. The molecule has 1 atom stereocenters. The quantitative estimate of drug-likeness (QED) is 0.868. The molecular weight excluding hydrogens is 244 g/mol. The third-order valence-corrected chi connectivity index (χ3v) is 5.00. The van der Waals surface area contributed by atoms with Crippen molar-refractivity contribution in [3.05, 3.63) is 10.6 Å². The molecule has 1 fully saturated rings. The normalized spacial score (nSPS) is 19.9. The van der Waals surface area contributed by atoms with E-state index in [4.69, 9.17) is 5.11 Å². The second-order valence-electron chi connectivity index (χ2n) is 3.75. The average Bonchev–Trinajstić information content (AvgIpc) is 2.83. The summed E-state index contributed by atoms with van der Waals surface area (Å²) < 4.78 is 0. The third kappa shape index (κ3) is 2.68. The van der Waals surface area contributed by atoms with Crippen molar-refractivity contribution in [2.24, 2.45) is 0 Å². The molecule has 0 spiro atoms. The van der Waals surface area contributed by atoms with Crippen LogP contribution in [0.4, 0.5) is 5.13 Å². The van der Waals surface area contributed by atoms with Gasteiger partial charge in [-0.25, -0.2) is 9.78 Å². The molecule has 0 aromatic carbocycles. The van der Waals surface area contributed by atoms with Gasteiger partial charge in [-0.2, -0.15) is 11.8 Å². The number of carbonyl (C=O) groups is 1. The standard InChI is InChI=1S/C10H14N2O2S2/c1-6-8(9(13)14)16-10(12-6)11-5-7-3-2-4-15-7/h7H,2-5H2,1H3,(H,11,12)(H,13,14). The number of nitrogens with zero attached hydrogens (tertiary/aromatic N) is 1. The molecule has 1 saturated heterocycles. The number of carboxylic acids is 1. The first kappa shape index (κ1) is 11.7. The molecule has 1 aromatic heterocycles. The minimum absolute atomic E-state index is 0.335. The van der Waals surface area contributed by atoms with Gasteiger partial charge in [-0.3, -0.25) is 0 Å². The van der Waals surface area contributed by atoms with Gasteiger partial charge >= 0.3 is 5.97 Å². The van der Waals surface area contributed by atoms with E-state index in [2.05, 4.69) is 10.3 Å². The van der Waals surface area contributed by atoms with Gasteiger partial charge in [0.1, 0.15) is 4.88 Å².